The van der Waals surface area contributed by atoms with Gasteiger partial charge < -0.3 is 10.4 Å². The second-order valence-corrected chi connectivity index (χ2v) is 3.92. The first-order chi connectivity index (χ1) is 7.15. The number of hydrogen-bond donors (Lipinski definition) is 2. The quantitative estimate of drug-likeness (QED) is 0.766. The van der Waals surface area contributed by atoms with E-state index in [0.717, 1.165) is 0 Å². The molecule has 1 amide bonds. The molecule has 0 unspecified atom stereocenters. The standard InChI is InChI=1S/C9H10ClN3O2/c10-8-2-1-7(12-13-8)9(15)11-5-3-6(14)4-5/h1-2,5-6,14H,3-4H2,(H,11,15). The molecule has 1 aliphatic rings. The Balaban J connectivity index is 1.93. The first-order valence-electron chi connectivity index (χ1n) is 4.63. The van der Waals surface area contributed by atoms with Gasteiger partial charge in [0.1, 0.15) is 0 Å². The molecule has 0 radical (unpaired) electrons. The Kier molecular flexibility index (Phi) is 2.83. The first kappa shape index (κ1) is 10.3. The van der Waals surface area contributed by atoms with Gasteiger partial charge in [0.05, 0.1) is 6.10 Å². The number of nitrogens with one attached hydrogen (secondary N) is 1. The number of aliphatic hydroxyl groups is 1. The lowest BCUT2D eigenvalue weighted by molar-refractivity contribution is 0.0560. The number of amides is 1. The van der Waals surface area contributed by atoms with E-state index < -0.39 is 0 Å². The molecule has 1 aromatic heterocycles. The third-order valence-electron chi connectivity index (χ3n) is 2.31. The maximum absolute atomic E-state index is 11.5. The monoisotopic (exact) mass is 227 g/mol. The molecule has 2 rings (SSSR count). The van der Waals surface area contributed by atoms with Crippen LogP contribution in [0.3, 0.4) is 0 Å². The highest BCUT2D eigenvalue weighted by molar-refractivity contribution is 6.29. The molecule has 0 aliphatic heterocycles. The summed E-state index contributed by atoms with van der Waals surface area (Å²) < 4.78 is 0. The summed E-state index contributed by atoms with van der Waals surface area (Å²) in [6.07, 6.45) is 0.922. The minimum atomic E-state index is -0.286. The Morgan fingerprint density at radius 3 is 2.73 bits per heavy atom. The molecular weight excluding hydrogens is 218 g/mol. The average molecular weight is 228 g/mol. The van der Waals surface area contributed by atoms with E-state index in [4.69, 9.17) is 16.7 Å². The zero-order valence-electron chi connectivity index (χ0n) is 7.85. The second-order valence-electron chi connectivity index (χ2n) is 3.54. The maximum Gasteiger partial charge on any atom is 0.272 e. The number of carbonyl (C=O) groups excluding carboxylic acids is 1. The van der Waals surface area contributed by atoms with Gasteiger partial charge in [0.25, 0.3) is 5.91 Å². The van der Waals surface area contributed by atoms with Gasteiger partial charge in [0.15, 0.2) is 10.8 Å². The normalized spacial score (nSPS) is 24.4. The number of halogens is 1. The highest BCUT2D eigenvalue weighted by Gasteiger charge is 2.28. The van der Waals surface area contributed by atoms with Crippen molar-refractivity contribution in [2.24, 2.45) is 0 Å². The van der Waals surface area contributed by atoms with Crippen LogP contribution in [0.5, 0.6) is 0 Å². The van der Waals surface area contributed by atoms with E-state index in [9.17, 15) is 4.79 Å². The van der Waals surface area contributed by atoms with E-state index in [0.29, 0.717) is 12.8 Å². The molecule has 0 saturated heterocycles. The van der Waals surface area contributed by atoms with Crippen LogP contribution in [0.4, 0.5) is 0 Å². The summed E-state index contributed by atoms with van der Waals surface area (Å²) in [6.45, 7) is 0. The zero-order chi connectivity index (χ0) is 10.8. The summed E-state index contributed by atoms with van der Waals surface area (Å²) in [5, 5.41) is 19.3. The molecule has 0 atom stereocenters. The molecule has 0 bridgehead atoms. The zero-order valence-corrected chi connectivity index (χ0v) is 8.61. The average Bonchev–Trinajstić information content (AvgIpc) is 2.16. The van der Waals surface area contributed by atoms with E-state index in [1.165, 1.54) is 12.1 Å². The molecule has 0 aromatic carbocycles. The van der Waals surface area contributed by atoms with Crippen molar-refractivity contribution < 1.29 is 9.90 Å². The van der Waals surface area contributed by atoms with Crippen molar-refractivity contribution in [2.45, 2.75) is 25.0 Å². The van der Waals surface area contributed by atoms with Gasteiger partial charge in [0, 0.05) is 6.04 Å². The van der Waals surface area contributed by atoms with Gasteiger partial charge in [0.2, 0.25) is 0 Å². The first-order valence-corrected chi connectivity index (χ1v) is 5.01. The van der Waals surface area contributed by atoms with E-state index in [1.807, 2.05) is 0 Å². The molecule has 1 aromatic rings. The van der Waals surface area contributed by atoms with Crippen LogP contribution >= 0.6 is 11.6 Å². The number of aromatic nitrogens is 2. The fourth-order valence-corrected chi connectivity index (χ4v) is 1.50. The van der Waals surface area contributed by atoms with Crippen LogP contribution in [0.15, 0.2) is 12.1 Å². The number of nitrogens with zero attached hydrogens (tertiary/aromatic N) is 2. The molecule has 1 saturated carbocycles. The van der Waals surface area contributed by atoms with E-state index in [-0.39, 0.29) is 28.9 Å². The van der Waals surface area contributed by atoms with Crippen molar-refractivity contribution in [3.05, 3.63) is 23.0 Å². The van der Waals surface area contributed by atoms with Crippen LogP contribution in [0.25, 0.3) is 0 Å². The number of carbonyl (C=O) groups is 1. The van der Waals surface area contributed by atoms with Crippen molar-refractivity contribution >= 4 is 17.5 Å². The van der Waals surface area contributed by atoms with Gasteiger partial charge in [-0.2, -0.15) is 0 Å². The summed E-state index contributed by atoms with van der Waals surface area (Å²) >= 11 is 5.54. The van der Waals surface area contributed by atoms with Crippen molar-refractivity contribution in [1.29, 1.82) is 0 Å². The highest BCUT2D eigenvalue weighted by atomic mass is 35.5. The second kappa shape index (κ2) is 4.12. The van der Waals surface area contributed by atoms with Crippen LogP contribution < -0.4 is 5.32 Å². The summed E-state index contributed by atoms with van der Waals surface area (Å²) in [5.74, 6) is -0.281. The van der Waals surface area contributed by atoms with E-state index in [2.05, 4.69) is 15.5 Å². The molecule has 2 N–H and O–H groups in total. The van der Waals surface area contributed by atoms with Gasteiger partial charge >= 0.3 is 0 Å². The SMILES string of the molecule is O=C(NC1CC(O)C1)c1ccc(Cl)nn1. The lowest BCUT2D eigenvalue weighted by atomic mass is 9.89. The van der Waals surface area contributed by atoms with Gasteiger partial charge in [-0.25, -0.2) is 0 Å². The molecule has 80 valence electrons. The lowest BCUT2D eigenvalue weighted by Gasteiger charge is -2.31. The lowest BCUT2D eigenvalue weighted by Crippen LogP contribution is -2.46. The summed E-state index contributed by atoms with van der Waals surface area (Å²) in [6, 6.07) is 3.07. The van der Waals surface area contributed by atoms with Crippen molar-refractivity contribution in [2.75, 3.05) is 0 Å². The Labute approximate surface area is 91.5 Å². The van der Waals surface area contributed by atoms with E-state index >= 15 is 0 Å². The van der Waals surface area contributed by atoms with Gasteiger partial charge in [-0.15, -0.1) is 10.2 Å². The Hall–Kier alpha value is -1.20. The Bertz CT molecular complexity index is 362. The van der Waals surface area contributed by atoms with Gasteiger partial charge in [-0.3, -0.25) is 4.79 Å². The number of hydrogen-bond acceptors (Lipinski definition) is 4. The molecular formula is C9H10ClN3O2. The molecule has 6 heteroatoms. The topological polar surface area (TPSA) is 75.1 Å². The van der Waals surface area contributed by atoms with Crippen molar-refractivity contribution in [3.8, 4) is 0 Å². The fraction of sp³-hybridized carbons (Fsp3) is 0.444. The fourth-order valence-electron chi connectivity index (χ4n) is 1.40. The van der Waals surface area contributed by atoms with Crippen LogP contribution in [-0.2, 0) is 0 Å². The summed E-state index contributed by atoms with van der Waals surface area (Å²) in [7, 11) is 0. The van der Waals surface area contributed by atoms with Crippen molar-refractivity contribution in [3.63, 3.8) is 0 Å². The molecule has 0 spiro atoms. The van der Waals surface area contributed by atoms with Crippen LogP contribution in [0.1, 0.15) is 23.3 Å². The third kappa shape index (κ3) is 2.43. The molecule has 1 fully saturated rings. The highest BCUT2D eigenvalue weighted by Crippen LogP contribution is 2.19. The molecule has 1 aliphatic carbocycles. The summed E-state index contributed by atoms with van der Waals surface area (Å²) in [5.41, 5.74) is 0.237. The number of rotatable bonds is 2. The molecule has 5 nitrogen and oxygen atoms in total. The van der Waals surface area contributed by atoms with Crippen LogP contribution in [-0.4, -0.2) is 33.4 Å². The van der Waals surface area contributed by atoms with Gasteiger partial charge in [-0.1, -0.05) is 11.6 Å². The Morgan fingerprint density at radius 1 is 1.47 bits per heavy atom. The summed E-state index contributed by atoms with van der Waals surface area (Å²) in [4.78, 5) is 11.5. The van der Waals surface area contributed by atoms with E-state index in [1.54, 1.807) is 0 Å². The minimum absolute atomic E-state index is 0.0463. The molecule has 15 heavy (non-hydrogen) atoms. The predicted molar refractivity (Wildman–Crippen MR) is 53.5 cm³/mol. The number of aliphatic hydroxyl groups excluding tert-OH is 1. The van der Waals surface area contributed by atoms with Gasteiger partial charge in [-0.05, 0) is 25.0 Å². The largest absolute Gasteiger partial charge is 0.393 e. The molecule has 1 heterocycles. The Morgan fingerprint density at radius 2 is 2.20 bits per heavy atom. The third-order valence-corrected chi connectivity index (χ3v) is 2.51. The smallest absolute Gasteiger partial charge is 0.272 e. The van der Waals surface area contributed by atoms with Crippen LogP contribution in [0.2, 0.25) is 5.15 Å². The van der Waals surface area contributed by atoms with Crippen molar-refractivity contribution in [1.82, 2.24) is 15.5 Å². The van der Waals surface area contributed by atoms with Crippen LogP contribution in [0, 0.1) is 0 Å². The maximum atomic E-state index is 11.5. The minimum Gasteiger partial charge on any atom is -0.393 e. The predicted octanol–water partition coefficient (Wildman–Crippen LogP) is 0.383.